The van der Waals surface area contributed by atoms with E-state index in [2.05, 4.69) is 5.32 Å². The van der Waals surface area contributed by atoms with E-state index in [-0.39, 0.29) is 11.9 Å². The highest BCUT2D eigenvalue weighted by atomic mass is 16.3. The molecule has 0 saturated carbocycles. The third-order valence-corrected chi connectivity index (χ3v) is 3.49. The Balaban J connectivity index is 2.03. The van der Waals surface area contributed by atoms with Crippen LogP contribution in [0.5, 0.6) is 0 Å². The fourth-order valence-electron chi connectivity index (χ4n) is 2.37. The molecule has 1 amide bonds. The minimum Gasteiger partial charge on any atom is -0.459 e. The van der Waals surface area contributed by atoms with E-state index < -0.39 is 0 Å². The molecule has 106 valence electrons. The summed E-state index contributed by atoms with van der Waals surface area (Å²) >= 11 is 0. The molecule has 3 heteroatoms. The van der Waals surface area contributed by atoms with Crippen LogP contribution >= 0.6 is 0 Å². The molecule has 1 aromatic heterocycles. The maximum Gasteiger partial charge on any atom is 0.220 e. The second kappa shape index (κ2) is 5.83. The average Bonchev–Trinajstić information content (AvgIpc) is 2.96. The zero-order chi connectivity index (χ0) is 14.7. The van der Waals surface area contributed by atoms with Crippen LogP contribution < -0.4 is 5.32 Å². The van der Waals surface area contributed by atoms with E-state index in [1.807, 2.05) is 67.6 Å². The zero-order valence-electron chi connectivity index (χ0n) is 11.9. The quantitative estimate of drug-likeness (QED) is 0.783. The van der Waals surface area contributed by atoms with Crippen molar-refractivity contribution in [3.63, 3.8) is 0 Å². The highest BCUT2D eigenvalue weighted by molar-refractivity contribution is 5.79. The molecule has 1 N–H and O–H groups in total. The molecular formula is C18H17NO2. The number of fused-ring (bicyclic) bond motifs is 1. The van der Waals surface area contributed by atoms with Gasteiger partial charge in [0.1, 0.15) is 17.4 Å². The molecule has 0 fully saturated rings. The Morgan fingerprint density at radius 1 is 1.10 bits per heavy atom. The normalized spacial score (nSPS) is 12.2. The van der Waals surface area contributed by atoms with Gasteiger partial charge in [0.15, 0.2) is 0 Å². The molecule has 3 aromatic rings. The number of benzene rings is 2. The lowest BCUT2D eigenvalue weighted by Gasteiger charge is -2.16. The second-order valence-electron chi connectivity index (χ2n) is 4.95. The van der Waals surface area contributed by atoms with Crippen molar-refractivity contribution in [1.82, 2.24) is 5.32 Å². The molecular weight excluding hydrogens is 262 g/mol. The number of carbonyl (C=O) groups excluding carboxylic acids is 1. The lowest BCUT2D eigenvalue weighted by Crippen LogP contribution is -2.28. The van der Waals surface area contributed by atoms with Crippen LogP contribution in [0, 0.1) is 0 Å². The maximum atomic E-state index is 11.8. The lowest BCUT2D eigenvalue weighted by atomic mass is 10.0. The van der Waals surface area contributed by atoms with Gasteiger partial charge in [-0.1, -0.05) is 55.5 Å². The van der Waals surface area contributed by atoms with Crippen LogP contribution in [0.25, 0.3) is 11.0 Å². The van der Waals surface area contributed by atoms with Crippen molar-refractivity contribution in [1.29, 1.82) is 0 Å². The lowest BCUT2D eigenvalue weighted by molar-refractivity contribution is -0.121. The van der Waals surface area contributed by atoms with Gasteiger partial charge in [-0.25, -0.2) is 0 Å². The third-order valence-electron chi connectivity index (χ3n) is 3.49. The molecule has 21 heavy (non-hydrogen) atoms. The van der Waals surface area contributed by atoms with Crippen LogP contribution in [0.3, 0.4) is 0 Å². The summed E-state index contributed by atoms with van der Waals surface area (Å²) in [7, 11) is 0. The molecule has 0 radical (unpaired) electrons. The van der Waals surface area contributed by atoms with E-state index >= 15 is 0 Å². The Kier molecular flexibility index (Phi) is 3.73. The summed E-state index contributed by atoms with van der Waals surface area (Å²) in [6.07, 6.45) is 0.448. The third kappa shape index (κ3) is 2.82. The Hall–Kier alpha value is -2.55. The van der Waals surface area contributed by atoms with Crippen LogP contribution in [0.4, 0.5) is 0 Å². The molecule has 0 aliphatic rings. The van der Waals surface area contributed by atoms with E-state index in [1.165, 1.54) is 0 Å². The molecule has 0 aliphatic heterocycles. The number of nitrogens with one attached hydrogen (secondary N) is 1. The zero-order valence-corrected chi connectivity index (χ0v) is 11.9. The highest BCUT2D eigenvalue weighted by Gasteiger charge is 2.19. The van der Waals surface area contributed by atoms with Gasteiger partial charge in [-0.15, -0.1) is 0 Å². The van der Waals surface area contributed by atoms with E-state index in [0.717, 1.165) is 22.3 Å². The number of carbonyl (C=O) groups is 1. The second-order valence-corrected chi connectivity index (χ2v) is 4.95. The van der Waals surface area contributed by atoms with Gasteiger partial charge in [-0.2, -0.15) is 0 Å². The first kappa shape index (κ1) is 13.4. The fraction of sp³-hybridized carbons (Fsp3) is 0.167. The molecule has 1 unspecified atom stereocenters. The Bertz CT molecular complexity index is 713. The number of para-hydroxylation sites is 1. The largest absolute Gasteiger partial charge is 0.459 e. The van der Waals surface area contributed by atoms with Crippen molar-refractivity contribution in [2.75, 3.05) is 0 Å². The predicted molar refractivity (Wildman–Crippen MR) is 82.9 cm³/mol. The Morgan fingerprint density at radius 2 is 1.81 bits per heavy atom. The molecule has 3 rings (SSSR count). The van der Waals surface area contributed by atoms with E-state index in [1.54, 1.807) is 0 Å². The molecule has 0 spiro atoms. The SMILES string of the molecule is CCC(=O)NC(c1ccccc1)c1cc2ccccc2o1. The summed E-state index contributed by atoms with van der Waals surface area (Å²) in [5, 5.41) is 4.07. The van der Waals surface area contributed by atoms with Crippen LogP contribution in [0.2, 0.25) is 0 Å². The summed E-state index contributed by atoms with van der Waals surface area (Å²) in [5.41, 5.74) is 1.84. The summed E-state index contributed by atoms with van der Waals surface area (Å²) in [6, 6.07) is 19.5. The van der Waals surface area contributed by atoms with Gasteiger partial charge >= 0.3 is 0 Å². The fourth-order valence-corrected chi connectivity index (χ4v) is 2.37. The van der Waals surface area contributed by atoms with Crippen molar-refractivity contribution in [3.8, 4) is 0 Å². The van der Waals surface area contributed by atoms with Gasteiger partial charge in [0.2, 0.25) is 5.91 Å². The van der Waals surface area contributed by atoms with Gasteiger partial charge < -0.3 is 9.73 Å². The van der Waals surface area contributed by atoms with E-state index in [4.69, 9.17) is 4.42 Å². The summed E-state index contributed by atoms with van der Waals surface area (Å²) < 4.78 is 5.92. The molecule has 0 saturated heterocycles. The van der Waals surface area contributed by atoms with Crippen molar-refractivity contribution in [2.45, 2.75) is 19.4 Å². The van der Waals surface area contributed by atoms with Gasteiger partial charge in [0.25, 0.3) is 0 Å². The number of hydrogen-bond acceptors (Lipinski definition) is 2. The van der Waals surface area contributed by atoms with Gasteiger partial charge in [-0.05, 0) is 17.7 Å². The van der Waals surface area contributed by atoms with Crippen LogP contribution in [0.1, 0.15) is 30.7 Å². The first-order valence-corrected chi connectivity index (χ1v) is 7.10. The summed E-state index contributed by atoms with van der Waals surface area (Å²) in [4.78, 5) is 11.8. The standard InChI is InChI=1S/C18H17NO2/c1-2-17(20)19-18(13-8-4-3-5-9-13)16-12-14-10-6-7-11-15(14)21-16/h3-12,18H,2H2,1H3,(H,19,20). The first-order valence-electron chi connectivity index (χ1n) is 7.10. The molecule has 1 heterocycles. The number of amides is 1. The molecule has 0 bridgehead atoms. The molecule has 0 aliphatic carbocycles. The summed E-state index contributed by atoms with van der Waals surface area (Å²) in [6.45, 7) is 1.84. The van der Waals surface area contributed by atoms with Crippen molar-refractivity contribution in [2.24, 2.45) is 0 Å². The smallest absolute Gasteiger partial charge is 0.220 e. The first-order chi connectivity index (χ1) is 10.3. The highest BCUT2D eigenvalue weighted by Crippen LogP contribution is 2.28. The van der Waals surface area contributed by atoms with Gasteiger partial charge in [-0.3, -0.25) is 4.79 Å². The van der Waals surface area contributed by atoms with Gasteiger partial charge in [0.05, 0.1) is 0 Å². The van der Waals surface area contributed by atoms with Crippen molar-refractivity contribution < 1.29 is 9.21 Å². The van der Waals surface area contributed by atoms with Crippen molar-refractivity contribution in [3.05, 3.63) is 72.0 Å². The average molecular weight is 279 g/mol. The topological polar surface area (TPSA) is 42.2 Å². The predicted octanol–water partition coefficient (Wildman–Crippen LogP) is 4.05. The minimum atomic E-state index is -0.258. The molecule has 2 aromatic carbocycles. The minimum absolute atomic E-state index is 0.00399. The number of hydrogen-bond donors (Lipinski definition) is 1. The Labute approximate surface area is 123 Å². The van der Waals surface area contributed by atoms with Crippen molar-refractivity contribution >= 4 is 16.9 Å². The molecule has 1 atom stereocenters. The van der Waals surface area contributed by atoms with Crippen LogP contribution in [-0.2, 0) is 4.79 Å². The maximum absolute atomic E-state index is 11.8. The monoisotopic (exact) mass is 279 g/mol. The van der Waals surface area contributed by atoms with E-state index in [0.29, 0.717) is 6.42 Å². The molecule has 3 nitrogen and oxygen atoms in total. The number of furan rings is 1. The van der Waals surface area contributed by atoms with E-state index in [9.17, 15) is 4.79 Å². The Morgan fingerprint density at radius 3 is 2.52 bits per heavy atom. The number of rotatable bonds is 4. The summed E-state index contributed by atoms with van der Waals surface area (Å²) in [5.74, 6) is 0.758. The van der Waals surface area contributed by atoms with Crippen LogP contribution in [-0.4, -0.2) is 5.91 Å². The van der Waals surface area contributed by atoms with Gasteiger partial charge in [0, 0.05) is 11.8 Å². The van der Waals surface area contributed by atoms with Crippen LogP contribution in [0.15, 0.2) is 65.1 Å².